The van der Waals surface area contributed by atoms with Crippen LogP contribution >= 0.6 is 11.8 Å². The summed E-state index contributed by atoms with van der Waals surface area (Å²) in [7, 11) is 0. The number of esters is 1. The van der Waals surface area contributed by atoms with Gasteiger partial charge < -0.3 is 19.6 Å². The molecular weight excluding hydrogens is 452 g/mol. The van der Waals surface area contributed by atoms with Gasteiger partial charge in [-0.3, -0.25) is 14.4 Å². The van der Waals surface area contributed by atoms with Crippen LogP contribution in [0.5, 0.6) is 0 Å². The number of likely N-dealkylation sites (tertiary alicyclic amines) is 1. The fourth-order valence-electron chi connectivity index (χ4n) is 5.89. The molecule has 0 radical (unpaired) electrons. The largest absolute Gasteiger partial charge is 0.465 e. The first-order valence-corrected chi connectivity index (χ1v) is 12.8. The molecule has 4 aliphatic heterocycles. The zero-order valence-electron chi connectivity index (χ0n) is 19.4. The van der Waals surface area contributed by atoms with Crippen molar-refractivity contribution in [3.63, 3.8) is 0 Å². The summed E-state index contributed by atoms with van der Waals surface area (Å²) in [6.07, 6.45) is 8.57. The number of ether oxygens (including phenoxy) is 1. The molecule has 34 heavy (non-hydrogen) atoms. The second kappa shape index (κ2) is 8.89. The number of nitrogens with zero attached hydrogens (tertiary/aromatic N) is 2. The van der Waals surface area contributed by atoms with Crippen LogP contribution in [0.25, 0.3) is 0 Å². The minimum Gasteiger partial charge on any atom is -0.465 e. The van der Waals surface area contributed by atoms with Gasteiger partial charge in [-0.15, -0.1) is 11.8 Å². The Morgan fingerprint density at radius 1 is 1.15 bits per heavy atom. The highest BCUT2D eigenvalue weighted by Crippen LogP contribution is 2.62. The molecule has 8 heteroatoms. The van der Waals surface area contributed by atoms with Gasteiger partial charge >= 0.3 is 5.97 Å². The van der Waals surface area contributed by atoms with E-state index in [1.54, 1.807) is 9.80 Å². The van der Waals surface area contributed by atoms with Crippen molar-refractivity contribution in [3.8, 4) is 0 Å². The summed E-state index contributed by atoms with van der Waals surface area (Å²) < 4.78 is 4.60. The standard InChI is InChI=1S/C26H30N2O5S/c1-16(2)27-13-8-12-26-21(20-19(34-26)11-6-7-14-33-25(20)32)23(30)28(22(26)24(27)31)18(15-29)17-9-4-3-5-10-17/h3-6,8-12,16,18-22,29H,7,13-15H2,1-2H3/t18-,19+,20-,21+,22?,26+/m1/s1. The Balaban J connectivity index is 1.68. The molecule has 1 unspecified atom stereocenters. The van der Waals surface area contributed by atoms with Crippen molar-refractivity contribution in [2.75, 3.05) is 19.8 Å². The van der Waals surface area contributed by atoms with E-state index in [0.29, 0.717) is 13.0 Å². The van der Waals surface area contributed by atoms with Crippen molar-refractivity contribution in [1.82, 2.24) is 9.80 Å². The molecule has 5 rings (SSSR count). The van der Waals surface area contributed by atoms with Crippen molar-refractivity contribution in [3.05, 3.63) is 60.2 Å². The van der Waals surface area contributed by atoms with Crippen LogP contribution in [0, 0.1) is 11.8 Å². The summed E-state index contributed by atoms with van der Waals surface area (Å²) in [6, 6.07) is 7.71. The monoisotopic (exact) mass is 482 g/mol. The van der Waals surface area contributed by atoms with Crippen molar-refractivity contribution in [1.29, 1.82) is 0 Å². The molecule has 1 spiro atoms. The van der Waals surface area contributed by atoms with E-state index in [4.69, 9.17) is 4.74 Å². The fourth-order valence-corrected chi connectivity index (χ4v) is 7.88. The quantitative estimate of drug-likeness (QED) is 0.524. The summed E-state index contributed by atoms with van der Waals surface area (Å²) in [4.78, 5) is 44.8. The van der Waals surface area contributed by atoms with E-state index in [-0.39, 0.29) is 42.3 Å². The van der Waals surface area contributed by atoms with Gasteiger partial charge in [0.25, 0.3) is 0 Å². The lowest BCUT2D eigenvalue weighted by Gasteiger charge is -2.39. The molecule has 1 aromatic rings. The molecule has 1 N–H and O–H groups in total. The molecule has 2 saturated heterocycles. The van der Waals surface area contributed by atoms with Crippen molar-refractivity contribution in [2.45, 2.75) is 48.4 Å². The number of carbonyl (C=O) groups excluding carboxylic acids is 3. The fraction of sp³-hybridized carbons (Fsp3) is 0.500. The number of amides is 2. The van der Waals surface area contributed by atoms with Crippen LogP contribution in [-0.2, 0) is 19.1 Å². The summed E-state index contributed by atoms with van der Waals surface area (Å²) in [5, 5.41) is 10.2. The Bertz CT molecular complexity index is 1040. The van der Waals surface area contributed by atoms with Gasteiger partial charge in [0.15, 0.2) is 0 Å². The number of thioether (sulfide) groups is 1. The van der Waals surface area contributed by atoms with Gasteiger partial charge in [-0.05, 0) is 25.8 Å². The third kappa shape index (κ3) is 3.41. The van der Waals surface area contributed by atoms with Crippen molar-refractivity contribution >= 4 is 29.5 Å². The summed E-state index contributed by atoms with van der Waals surface area (Å²) in [6.45, 7) is 4.31. The Hall–Kier alpha value is -2.58. The molecule has 0 bridgehead atoms. The summed E-state index contributed by atoms with van der Waals surface area (Å²) in [5.74, 6) is -2.23. The minimum atomic E-state index is -0.914. The van der Waals surface area contributed by atoms with Crippen LogP contribution in [0.1, 0.15) is 31.9 Å². The zero-order valence-corrected chi connectivity index (χ0v) is 20.2. The predicted octanol–water partition coefficient (Wildman–Crippen LogP) is 2.33. The van der Waals surface area contributed by atoms with E-state index in [1.807, 2.05) is 68.5 Å². The molecule has 4 aliphatic rings. The number of carbonyl (C=O) groups is 3. The van der Waals surface area contributed by atoms with Crippen LogP contribution in [0.3, 0.4) is 0 Å². The molecule has 4 heterocycles. The number of hydrogen-bond acceptors (Lipinski definition) is 6. The SMILES string of the molecule is CC(C)N1CC=C[C@]23S[C@H]4C=CCCOC(=O)[C@H]4[C@H]2C(=O)N([C@H](CO)c2ccccc2)C3C1=O. The van der Waals surface area contributed by atoms with Gasteiger partial charge in [0.1, 0.15) is 6.04 Å². The van der Waals surface area contributed by atoms with Gasteiger partial charge in [-0.25, -0.2) is 0 Å². The molecular formula is C26H30N2O5S. The lowest BCUT2D eigenvalue weighted by Crippen LogP contribution is -2.55. The highest BCUT2D eigenvalue weighted by atomic mass is 32.2. The lowest BCUT2D eigenvalue weighted by atomic mass is 9.78. The van der Waals surface area contributed by atoms with E-state index in [9.17, 15) is 19.5 Å². The molecule has 1 aromatic carbocycles. The molecule has 2 fully saturated rings. The maximum absolute atomic E-state index is 14.2. The third-order valence-electron chi connectivity index (χ3n) is 7.41. The Labute approximate surface area is 203 Å². The molecule has 0 aliphatic carbocycles. The van der Waals surface area contributed by atoms with Gasteiger partial charge in [0.2, 0.25) is 11.8 Å². The van der Waals surface area contributed by atoms with Crippen molar-refractivity contribution < 1.29 is 24.2 Å². The topological polar surface area (TPSA) is 87.2 Å². The number of benzene rings is 1. The van der Waals surface area contributed by atoms with Gasteiger partial charge in [0, 0.05) is 17.8 Å². The average Bonchev–Trinajstić information content (AvgIpc) is 3.19. The number of fused-ring (bicyclic) bond motifs is 2. The van der Waals surface area contributed by atoms with Crippen LogP contribution in [0.4, 0.5) is 0 Å². The predicted molar refractivity (Wildman–Crippen MR) is 129 cm³/mol. The molecule has 0 aromatic heterocycles. The molecule has 0 saturated carbocycles. The molecule has 6 atom stereocenters. The van der Waals surface area contributed by atoms with Crippen LogP contribution in [0.2, 0.25) is 0 Å². The maximum Gasteiger partial charge on any atom is 0.311 e. The van der Waals surface area contributed by atoms with Crippen molar-refractivity contribution in [2.24, 2.45) is 11.8 Å². The normalized spacial score (nSPS) is 33.7. The zero-order chi connectivity index (χ0) is 24.0. The number of aliphatic hydroxyl groups excluding tert-OH is 1. The van der Waals surface area contributed by atoms with E-state index in [1.165, 1.54) is 11.8 Å². The first kappa shape index (κ1) is 23.2. The van der Waals surface area contributed by atoms with Crippen LogP contribution in [0.15, 0.2) is 54.6 Å². The Morgan fingerprint density at radius 2 is 1.91 bits per heavy atom. The molecule has 2 amide bonds. The second-order valence-corrected chi connectivity index (χ2v) is 11.1. The first-order chi connectivity index (χ1) is 16.4. The number of hydrogen-bond donors (Lipinski definition) is 1. The van der Waals surface area contributed by atoms with E-state index in [0.717, 1.165) is 5.56 Å². The number of aliphatic hydroxyl groups is 1. The average molecular weight is 483 g/mol. The molecule has 180 valence electrons. The smallest absolute Gasteiger partial charge is 0.311 e. The van der Waals surface area contributed by atoms with E-state index in [2.05, 4.69) is 0 Å². The van der Waals surface area contributed by atoms with Crippen LogP contribution < -0.4 is 0 Å². The summed E-state index contributed by atoms with van der Waals surface area (Å²) in [5.41, 5.74) is 0.757. The van der Waals surface area contributed by atoms with Gasteiger partial charge in [0.05, 0.1) is 35.8 Å². The first-order valence-electron chi connectivity index (χ1n) is 11.9. The number of cyclic esters (lactones) is 1. The highest BCUT2D eigenvalue weighted by molar-refractivity contribution is 8.02. The van der Waals surface area contributed by atoms with Gasteiger partial charge in [-0.2, -0.15) is 0 Å². The summed E-state index contributed by atoms with van der Waals surface area (Å²) >= 11 is 1.52. The number of rotatable bonds is 4. The van der Waals surface area contributed by atoms with E-state index >= 15 is 0 Å². The maximum atomic E-state index is 14.2. The second-order valence-electron chi connectivity index (χ2n) is 9.57. The lowest BCUT2D eigenvalue weighted by molar-refractivity contribution is -0.153. The third-order valence-corrected chi connectivity index (χ3v) is 9.15. The highest BCUT2D eigenvalue weighted by Gasteiger charge is 2.71. The van der Waals surface area contributed by atoms with Crippen LogP contribution in [-0.4, -0.2) is 74.5 Å². The van der Waals surface area contributed by atoms with Gasteiger partial charge in [-0.1, -0.05) is 54.6 Å². The minimum absolute atomic E-state index is 0.0578. The molecule has 7 nitrogen and oxygen atoms in total. The van der Waals surface area contributed by atoms with E-state index < -0.39 is 28.7 Å². The Kier molecular flexibility index (Phi) is 6.06. The Morgan fingerprint density at radius 3 is 2.62 bits per heavy atom.